The van der Waals surface area contributed by atoms with Gasteiger partial charge < -0.3 is 26.6 Å². The molecular formula is C16H21LiO3. The van der Waals surface area contributed by atoms with Crippen molar-refractivity contribution in [1.82, 2.24) is 0 Å². The molecule has 0 aliphatic rings. The number of ether oxygens (including phenoxy) is 3. The molecule has 0 aliphatic carbocycles. The van der Waals surface area contributed by atoms with E-state index in [1.807, 2.05) is 31.2 Å². The fourth-order valence-corrected chi connectivity index (χ4v) is 1.72. The molecule has 0 heterocycles. The van der Waals surface area contributed by atoms with Crippen LogP contribution in [0.5, 0.6) is 5.75 Å². The van der Waals surface area contributed by atoms with Crippen LogP contribution < -0.4 is 23.6 Å². The molecule has 0 aliphatic heterocycles. The third-order valence-electron chi connectivity index (χ3n) is 2.93. The Kier molecular flexibility index (Phi) is 10.3. The standard InChI is InChI=1S/C16H21O3.Li/c1-5-13(2)10-16(18-4)12-19-11-14-6-8-15(17-3)9-7-14;/h6-9,13,16H,10-12H2,2-4H3;/q-1;+1/t13-,16-;/m1./s1. The first-order valence-corrected chi connectivity index (χ1v) is 6.35. The van der Waals surface area contributed by atoms with E-state index in [4.69, 9.17) is 20.6 Å². The molecule has 0 saturated heterocycles. The van der Waals surface area contributed by atoms with Crippen LogP contribution in [0.25, 0.3) is 0 Å². The molecule has 0 unspecified atom stereocenters. The van der Waals surface area contributed by atoms with Gasteiger partial charge in [0, 0.05) is 7.11 Å². The number of hydrogen-bond donors (Lipinski definition) is 0. The first-order chi connectivity index (χ1) is 9.19. The predicted octanol–water partition coefficient (Wildman–Crippen LogP) is -0.153. The zero-order chi connectivity index (χ0) is 14.1. The molecule has 4 heteroatoms. The second kappa shape index (κ2) is 10.8. The maximum atomic E-state index is 7.07. The van der Waals surface area contributed by atoms with Crippen molar-refractivity contribution < 1.29 is 33.1 Å². The molecule has 104 valence electrons. The summed E-state index contributed by atoms with van der Waals surface area (Å²) < 4.78 is 16.1. The van der Waals surface area contributed by atoms with E-state index in [-0.39, 0.29) is 30.9 Å². The molecule has 0 aromatic heterocycles. The Morgan fingerprint density at radius 3 is 2.35 bits per heavy atom. The smallest absolute Gasteiger partial charge is 0.693 e. The fourth-order valence-electron chi connectivity index (χ4n) is 1.72. The Morgan fingerprint density at radius 1 is 1.20 bits per heavy atom. The van der Waals surface area contributed by atoms with Crippen molar-refractivity contribution in [1.29, 1.82) is 0 Å². The van der Waals surface area contributed by atoms with Gasteiger partial charge in [-0.2, -0.15) is 0 Å². The summed E-state index contributed by atoms with van der Waals surface area (Å²) in [4.78, 5) is 0. The zero-order valence-corrected chi connectivity index (χ0v) is 12.8. The largest absolute Gasteiger partial charge is 1.00 e. The molecule has 0 amide bonds. The summed E-state index contributed by atoms with van der Waals surface area (Å²) in [6.45, 7) is 3.02. The molecule has 1 aromatic rings. The predicted molar refractivity (Wildman–Crippen MR) is 74.4 cm³/mol. The van der Waals surface area contributed by atoms with Crippen LogP contribution in [0.1, 0.15) is 18.9 Å². The average Bonchev–Trinajstić information content (AvgIpc) is 2.46. The van der Waals surface area contributed by atoms with E-state index < -0.39 is 0 Å². The third-order valence-corrected chi connectivity index (χ3v) is 2.93. The van der Waals surface area contributed by atoms with Gasteiger partial charge in [0.2, 0.25) is 0 Å². The molecule has 0 saturated carbocycles. The maximum Gasteiger partial charge on any atom is 1.00 e. The van der Waals surface area contributed by atoms with Crippen molar-refractivity contribution in [3.05, 3.63) is 36.3 Å². The SMILES string of the molecule is [C-]#C[C@@H](C)C[C@H](COCc1ccc(OC)cc1)OC.[Li+]. The molecule has 1 aromatic carbocycles. The van der Waals surface area contributed by atoms with E-state index >= 15 is 0 Å². The fraction of sp³-hybridized carbons (Fsp3) is 0.500. The summed E-state index contributed by atoms with van der Waals surface area (Å²) in [7, 11) is 3.31. The summed E-state index contributed by atoms with van der Waals surface area (Å²) in [5, 5.41) is 0. The Labute approximate surface area is 134 Å². The van der Waals surface area contributed by atoms with Crippen molar-refractivity contribution >= 4 is 0 Å². The average molecular weight is 268 g/mol. The van der Waals surface area contributed by atoms with Gasteiger partial charge in [-0.1, -0.05) is 19.1 Å². The van der Waals surface area contributed by atoms with Crippen LogP contribution in [0.15, 0.2) is 24.3 Å². The number of benzene rings is 1. The van der Waals surface area contributed by atoms with Gasteiger partial charge in [0.25, 0.3) is 0 Å². The number of methoxy groups -OCH3 is 2. The van der Waals surface area contributed by atoms with Crippen LogP contribution in [-0.4, -0.2) is 26.9 Å². The number of hydrogen-bond acceptors (Lipinski definition) is 3. The van der Waals surface area contributed by atoms with E-state index in [9.17, 15) is 0 Å². The van der Waals surface area contributed by atoms with Crippen molar-refractivity contribution in [2.24, 2.45) is 5.92 Å². The second-order valence-electron chi connectivity index (χ2n) is 4.50. The first kappa shape index (κ1) is 19.1. The van der Waals surface area contributed by atoms with Crippen molar-refractivity contribution in [3.63, 3.8) is 0 Å². The maximum absolute atomic E-state index is 7.07. The van der Waals surface area contributed by atoms with Crippen molar-refractivity contribution in [3.8, 4) is 11.7 Å². The number of rotatable bonds is 8. The van der Waals surface area contributed by atoms with Gasteiger partial charge in [-0.25, -0.2) is 0 Å². The van der Waals surface area contributed by atoms with Crippen LogP contribution in [0.4, 0.5) is 0 Å². The van der Waals surface area contributed by atoms with E-state index in [1.165, 1.54) is 0 Å². The van der Waals surface area contributed by atoms with Crippen molar-refractivity contribution in [2.75, 3.05) is 20.8 Å². The first-order valence-electron chi connectivity index (χ1n) is 6.35. The molecule has 0 spiro atoms. The minimum atomic E-state index is 0. The van der Waals surface area contributed by atoms with Crippen LogP contribution in [0.2, 0.25) is 0 Å². The Morgan fingerprint density at radius 2 is 1.85 bits per heavy atom. The van der Waals surface area contributed by atoms with Crippen LogP contribution in [0.3, 0.4) is 0 Å². The zero-order valence-electron chi connectivity index (χ0n) is 12.8. The van der Waals surface area contributed by atoms with E-state index in [1.54, 1.807) is 14.2 Å². The van der Waals surface area contributed by atoms with Crippen LogP contribution >= 0.6 is 0 Å². The van der Waals surface area contributed by atoms with Gasteiger partial charge in [-0.3, -0.25) is 0 Å². The van der Waals surface area contributed by atoms with Gasteiger partial charge in [0.15, 0.2) is 0 Å². The summed E-state index contributed by atoms with van der Waals surface area (Å²) in [6, 6.07) is 7.79. The summed E-state index contributed by atoms with van der Waals surface area (Å²) in [5.74, 6) is 3.38. The molecule has 0 bridgehead atoms. The molecule has 0 fully saturated rings. The Balaban J connectivity index is 0.00000361. The monoisotopic (exact) mass is 268 g/mol. The van der Waals surface area contributed by atoms with Gasteiger partial charge in [-0.15, -0.1) is 0 Å². The molecule has 0 radical (unpaired) electrons. The molecule has 2 atom stereocenters. The second-order valence-corrected chi connectivity index (χ2v) is 4.50. The molecule has 20 heavy (non-hydrogen) atoms. The molecule has 0 N–H and O–H groups in total. The normalized spacial score (nSPS) is 12.9. The minimum Gasteiger partial charge on any atom is -0.693 e. The van der Waals surface area contributed by atoms with Gasteiger partial charge in [0.05, 0.1) is 26.4 Å². The Hall–Kier alpha value is -0.903. The van der Waals surface area contributed by atoms with E-state index in [0.29, 0.717) is 13.2 Å². The summed E-state index contributed by atoms with van der Waals surface area (Å²) in [6.07, 6.45) is 7.83. The topological polar surface area (TPSA) is 27.7 Å². The third kappa shape index (κ3) is 7.03. The van der Waals surface area contributed by atoms with Crippen molar-refractivity contribution in [2.45, 2.75) is 26.1 Å². The van der Waals surface area contributed by atoms with Gasteiger partial charge >= 0.3 is 18.9 Å². The van der Waals surface area contributed by atoms with Gasteiger partial charge in [0.1, 0.15) is 5.75 Å². The van der Waals surface area contributed by atoms with Crippen LogP contribution in [0, 0.1) is 18.3 Å². The van der Waals surface area contributed by atoms with Gasteiger partial charge in [-0.05, 0) is 30.0 Å². The summed E-state index contributed by atoms with van der Waals surface area (Å²) >= 11 is 0. The molecular weight excluding hydrogens is 247 g/mol. The molecule has 3 nitrogen and oxygen atoms in total. The minimum absolute atomic E-state index is 0. The quantitative estimate of drug-likeness (QED) is 0.373. The van der Waals surface area contributed by atoms with E-state index in [0.717, 1.165) is 17.7 Å². The van der Waals surface area contributed by atoms with Crippen LogP contribution in [-0.2, 0) is 16.1 Å². The Bertz CT molecular complexity index is 397. The summed E-state index contributed by atoms with van der Waals surface area (Å²) in [5.41, 5.74) is 1.10. The van der Waals surface area contributed by atoms with E-state index in [2.05, 4.69) is 5.92 Å². The molecule has 1 rings (SSSR count).